The molecule has 0 bridgehead atoms. The molecule has 0 aliphatic carbocycles. The van der Waals surface area contributed by atoms with Crippen LogP contribution in [-0.4, -0.2) is 41.4 Å². The highest BCUT2D eigenvalue weighted by Crippen LogP contribution is 2.23. The van der Waals surface area contributed by atoms with Crippen molar-refractivity contribution in [2.75, 3.05) is 5.32 Å². The van der Waals surface area contributed by atoms with Crippen molar-refractivity contribution < 1.29 is 18.3 Å². The number of tetrazole rings is 1. The van der Waals surface area contributed by atoms with Crippen molar-refractivity contribution in [1.29, 1.82) is 0 Å². The molecular weight excluding hydrogens is 384 g/mol. The Balaban J connectivity index is 1.56. The molecule has 0 fully saturated rings. The molecule has 4 rings (SSSR count). The number of para-hydroxylation sites is 1. The maximum atomic E-state index is 13.1. The lowest BCUT2D eigenvalue weighted by atomic mass is 10.3. The number of hydrogen-bond acceptors (Lipinski definition) is 6. The summed E-state index contributed by atoms with van der Waals surface area (Å²) in [5.41, 5.74) is 1.23. The number of imidazole rings is 1. The van der Waals surface area contributed by atoms with Crippen molar-refractivity contribution in [3.05, 3.63) is 60.4 Å². The van der Waals surface area contributed by atoms with Crippen molar-refractivity contribution in [3.63, 3.8) is 0 Å². The first-order valence-corrected chi connectivity index (χ1v) is 8.55. The molecule has 3 heterocycles. The zero-order chi connectivity index (χ0) is 20.4. The summed E-state index contributed by atoms with van der Waals surface area (Å²) in [6.45, 7) is 0.548. The second-order valence-electron chi connectivity index (χ2n) is 6.21. The van der Waals surface area contributed by atoms with Crippen LogP contribution in [0, 0.1) is 0 Å². The number of anilines is 1. The summed E-state index contributed by atoms with van der Waals surface area (Å²) in [6, 6.07) is 14.0. The number of amides is 1. The van der Waals surface area contributed by atoms with Gasteiger partial charge in [-0.15, -0.1) is 0 Å². The maximum Gasteiger partial charge on any atom is 0.322 e. The van der Waals surface area contributed by atoms with Gasteiger partial charge in [0.15, 0.2) is 0 Å². The van der Waals surface area contributed by atoms with E-state index in [4.69, 9.17) is 4.74 Å². The summed E-state index contributed by atoms with van der Waals surface area (Å²) in [4.78, 5) is 15.6. The highest BCUT2D eigenvalue weighted by molar-refractivity contribution is 5.94. The third-order valence-electron chi connectivity index (χ3n) is 3.96. The molecule has 1 N–H and O–H groups in total. The van der Waals surface area contributed by atoms with Crippen LogP contribution in [0.15, 0.2) is 54.7 Å². The molecule has 0 unspecified atom stereocenters. The number of carbonyl (C=O) groups excluding carboxylic acids is 1. The lowest BCUT2D eigenvalue weighted by Crippen LogP contribution is -2.31. The van der Waals surface area contributed by atoms with E-state index in [-0.39, 0.29) is 12.4 Å². The fraction of sp³-hybridized carbons (Fsp3) is 0.167. The minimum absolute atomic E-state index is 0.0109. The number of hydrogen-bond donors (Lipinski definition) is 1. The number of ether oxygens (including phenoxy) is 1. The minimum atomic E-state index is -3.50. The predicted molar refractivity (Wildman–Crippen MR) is 97.9 cm³/mol. The first-order valence-electron chi connectivity index (χ1n) is 8.55. The molecule has 0 radical (unpaired) electrons. The number of carbonyl (C=O) groups is 1. The van der Waals surface area contributed by atoms with Crippen LogP contribution in [0.3, 0.4) is 0 Å². The Hall–Kier alpha value is -3.89. The first kappa shape index (κ1) is 18.5. The number of fused-ring (bicyclic) bond motifs is 1. The largest absolute Gasteiger partial charge is 0.471 e. The Morgan fingerprint density at radius 2 is 1.97 bits per heavy atom. The summed E-state index contributed by atoms with van der Waals surface area (Å²) in [5, 5.41) is 13.6. The average Bonchev–Trinajstić information content (AvgIpc) is 3.27. The molecule has 0 aliphatic rings. The molecule has 9 nitrogen and oxygen atoms in total. The van der Waals surface area contributed by atoms with E-state index in [0.717, 1.165) is 5.69 Å². The highest BCUT2D eigenvalue weighted by Gasteiger charge is 2.32. The van der Waals surface area contributed by atoms with Gasteiger partial charge >= 0.3 is 5.92 Å². The molecule has 4 aromatic rings. The number of nitrogens with zero attached hydrogens (tertiary/aromatic N) is 6. The molecule has 0 spiro atoms. The zero-order valence-corrected chi connectivity index (χ0v) is 15.2. The Morgan fingerprint density at radius 3 is 2.72 bits per heavy atom. The van der Waals surface area contributed by atoms with E-state index in [2.05, 4.69) is 25.8 Å². The van der Waals surface area contributed by atoms with Crippen molar-refractivity contribution in [2.45, 2.75) is 19.5 Å². The lowest BCUT2D eigenvalue weighted by Gasteiger charge is -2.12. The Kier molecular flexibility index (Phi) is 4.63. The fourth-order valence-electron chi connectivity index (χ4n) is 2.61. The Bertz CT molecular complexity index is 1150. The van der Waals surface area contributed by atoms with Crippen molar-refractivity contribution in [2.24, 2.45) is 0 Å². The fourth-order valence-corrected chi connectivity index (χ4v) is 2.61. The second kappa shape index (κ2) is 7.26. The number of pyridine rings is 1. The standard InChI is InChI=1S/C18H15F2N7O2/c1-18(19,20)16(28)22-14-9-5-6-12(21-14)11-29-15-10-26-17(23-24-25-26)27(15)13-7-3-2-4-8-13/h2-10H,11H2,1H3,(H,21,22,28). The number of alkyl halides is 2. The van der Waals surface area contributed by atoms with E-state index >= 15 is 0 Å². The van der Waals surface area contributed by atoms with Crippen LogP contribution in [0.5, 0.6) is 5.88 Å². The zero-order valence-electron chi connectivity index (χ0n) is 15.2. The SMILES string of the molecule is CC(F)(F)C(=O)Nc1cccc(COc2cn3nnnc3n2-c2ccccc2)n1. The Labute approximate surface area is 162 Å². The van der Waals surface area contributed by atoms with Gasteiger partial charge in [0.05, 0.1) is 17.6 Å². The molecule has 0 atom stereocenters. The number of rotatable bonds is 6. The van der Waals surface area contributed by atoms with Gasteiger partial charge in [-0.3, -0.25) is 4.79 Å². The number of benzene rings is 1. The molecule has 0 aliphatic heterocycles. The predicted octanol–water partition coefficient (Wildman–Crippen LogP) is 2.48. The maximum absolute atomic E-state index is 13.1. The van der Waals surface area contributed by atoms with Crippen molar-refractivity contribution in [3.8, 4) is 11.6 Å². The molecule has 3 aromatic heterocycles. The molecule has 148 valence electrons. The summed E-state index contributed by atoms with van der Waals surface area (Å²) in [5.74, 6) is -4.02. The second-order valence-corrected chi connectivity index (χ2v) is 6.21. The average molecular weight is 399 g/mol. The Morgan fingerprint density at radius 1 is 1.17 bits per heavy atom. The number of halogens is 2. The van der Waals surface area contributed by atoms with Gasteiger partial charge in [-0.2, -0.15) is 13.3 Å². The van der Waals surface area contributed by atoms with E-state index in [9.17, 15) is 13.6 Å². The third kappa shape index (κ3) is 3.88. The van der Waals surface area contributed by atoms with Gasteiger partial charge in [0.2, 0.25) is 5.88 Å². The van der Waals surface area contributed by atoms with Gasteiger partial charge in [0, 0.05) is 6.92 Å². The first-order chi connectivity index (χ1) is 13.9. The van der Waals surface area contributed by atoms with Crippen LogP contribution in [0.1, 0.15) is 12.6 Å². The van der Waals surface area contributed by atoms with E-state index in [1.807, 2.05) is 30.3 Å². The summed E-state index contributed by atoms with van der Waals surface area (Å²) < 4.78 is 35.2. The lowest BCUT2D eigenvalue weighted by molar-refractivity contribution is -0.137. The van der Waals surface area contributed by atoms with Crippen molar-refractivity contribution in [1.82, 2.24) is 29.6 Å². The number of aromatic nitrogens is 6. The van der Waals surface area contributed by atoms with E-state index in [1.54, 1.807) is 22.9 Å². The van der Waals surface area contributed by atoms with Crippen LogP contribution in [0.25, 0.3) is 11.5 Å². The summed E-state index contributed by atoms with van der Waals surface area (Å²) in [6.07, 6.45) is 1.62. The van der Waals surface area contributed by atoms with Gasteiger partial charge < -0.3 is 10.1 Å². The van der Waals surface area contributed by atoms with Crippen LogP contribution < -0.4 is 10.1 Å². The van der Waals surface area contributed by atoms with Gasteiger partial charge in [0.1, 0.15) is 12.4 Å². The van der Waals surface area contributed by atoms with Crippen LogP contribution in [0.2, 0.25) is 0 Å². The quantitative estimate of drug-likeness (QED) is 0.535. The number of nitrogens with one attached hydrogen (secondary N) is 1. The van der Waals surface area contributed by atoms with E-state index < -0.39 is 11.8 Å². The highest BCUT2D eigenvalue weighted by atomic mass is 19.3. The third-order valence-corrected chi connectivity index (χ3v) is 3.96. The van der Waals surface area contributed by atoms with Crippen LogP contribution in [0.4, 0.5) is 14.6 Å². The monoisotopic (exact) mass is 399 g/mol. The summed E-state index contributed by atoms with van der Waals surface area (Å²) >= 11 is 0. The topological polar surface area (TPSA) is 99.2 Å². The summed E-state index contributed by atoms with van der Waals surface area (Å²) in [7, 11) is 0. The molecule has 11 heteroatoms. The van der Waals surface area contributed by atoms with E-state index in [0.29, 0.717) is 24.3 Å². The molecule has 1 aromatic carbocycles. The molecule has 0 saturated carbocycles. The molecular formula is C18H15F2N7O2. The molecule has 0 saturated heterocycles. The molecule has 29 heavy (non-hydrogen) atoms. The van der Waals surface area contributed by atoms with Crippen molar-refractivity contribution >= 4 is 17.5 Å². The smallest absolute Gasteiger partial charge is 0.322 e. The van der Waals surface area contributed by atoms with Gasteiger partial charge in [0.25, 0.3) is 11.7 Å². The van der Waals surface area contributed by atoms with Crippen LogP contribution in [-0.2, 0) is 11.4 Å². The van der Waals surface area contributed by atoms with Gasteiger partial charge in [-0.1, -0.05) is 29.4 Å². The van der Waals surface area contributed by atoms with Gasteiger partial charge in [-0.25, -0.2) is 9.55 Å². The molecule has 1 amide bonds. The minimum Gasteiger partial charge on any atom is -0.471 e. The van der Waals surface area contributed by atoms with Gasteiger partial charge in [-0.05, 0) is 34.7 Å². The normalized spacial score (nSPS) is 11.6. The van der Waals surface area contributed by atoms with Crippen LogP contribution >= 0.6 is 0 Å². The van der Waals surface area contributed by atoms with E-state index in [1.165, 1.54) is 10.6 Å².